The maximum atomic E-state index is 10.4. The first-order chi connectivity index (χ1) is 7.20. The lowest BCUT2D eigenvalue weighted by Gasteiger charge is -2.36. The van der Waals surface area contributed by atoms with E-state index in [0.29, 0.717) is 18.9 Å². The highest BCUT2D eigenvalue weighted by atomic mass is 16.6. The highest BCUT2D eigenvalue weighted by molar-refractivity contribution is 5.61. The van der Waals surface area contributed by atoms with Crippen LogP contribution in [-0.2, 0) is 4.79 Å². The summed E-state index contributed by atoms with van der Waals surface area (Å²) in [5, 5.41) is 10.4. The van der Waals surface area contributed by atoms with Crippen molar-refractivity contribution in [3.63, 3.8) is 0 Å². The van der Waals surface area contributed by atoms with Crippen LogP contribution in [0.1, 0.15) is 0 Å². The summed E-state index contributed by atoms with van der Waals surface area (Å²) in [6.45, 7) is 1.29. The number of nitrogens with zero attached hydrogens (tertiary/aromatic N) is 3. The lowest BCUT2D eigenvalue weighted by molar-refractivity contribution is -0.385. The first-order valence-electron chi connectivity index (χ1n) is 4.51. The Hall–Kier alpha value is -1.98. The van der Waals surface area contributed by atoms with Crippen LogP contribution < -0.4 is 4.90 Å². The van der Waals surface area contributed by atoms with Gasteiger partial charge in [0.2, 0.25) is 0 Å². The highest BCUT2D eigenvalue weighted by Crippen LogP contribution is 2.22. The summed E-state index contributed by atoms with van der Waals surface area (Å²) in [5.74, 6) is 0.751. The second-order valence-electron chi connectivity index (χ2n) is 3.43. The molecule has 0 amide bonds. The van der Waals surface area contributed by atoms with Crippen LogP contribution >= 0.6 is 0 Å². The monoisotopic (exact) mass is 207 g/mol. The Labute approximate surface area is 85.7 Å². The molecule has 1 aromatic rings. The maximum absolute atomic E-state index is 10.4. The van der Waals surface area contributed by atoms with Gasteiger partial charge in [-0.3, -0.25) is 10.1 Å². The molecule has 1 fully saturated rings. The number of anilines is 1. The van der Waals surface area contributed by atoms with Gasteiger partial charge in [-0.25, -0.2) is 4.98 Å². The molecule has 1 aliphatic heterocycles. The number of pyridine rings is 1. The summed E-state index contributed by atoms with van der Waals surface area (Å²) in [5.41, 5.74) is -0.0220. The molecule has 6 heteroatoms. The number of aldehydes is 1. The Balaban J connectivity index is 2.05. The van der Waals surface area contributed by atoms with E-state index < -0.39 is 4.92 Å². The summed E-state index contributed by atoms with van der Waals surface area (Å²) in [6.07, 6.45) is 2.14. The molecule has 0 bridgehead atoms. The largest absolute Gasteiger partial charge is 0.355 e. The summed E-state index contributed by atoms with van der Waals surface area (Å²) >= 11 is 0. The van der Waals surface area contributed by atoms with Gasteiger partial charge in [0, 0.05) is 25.1 Å². The standard InChI is InChI=1S/C9H9N3O3/c13-6-7-4-11(5-7)9-2-1-8(3-10-9)12(14)15/h1-3,6-7H,4-5H2. The minimum Gasteiger partial charge on any atom is -0.355 e. The van der Waals surface area contributed by atoms with E-state index in [1.54, 1.807) is 6.07 Å². The lowest BCUT2D eigenvalue weighted by atomic mass is 10.0. The molecule has 0 radical (unpaired) electrons. The zero-order valence-electron chi connectivity index (χ0n) is 7.87. The van der Waals surface area contributed by atoms with Crippen molar-refractivity contribution in [1.82, 2.24) is 4.98 Å². The zero-order valence-corrected chi connectivity index (χ0v) is 7.87. The van der Waals surface area contributed by atoms with Gasteiger partial charge in [0.25, 0.3) is 5.69 Å². The van der Waals surface area contributed by atoms with Crippen molar-refractivity contribution in [1.29, 1.82) is 0 Å². The molecule has 15 heavy (non-hydrogen) atoms. The van der Waals surface area contributed by atoms with Crippen molar-refractivity contribution in [3.8, 4) is 0 Å². The lowest BCUT2D eigenvalue weighted by Crippen LogP contribution is -2.47. The van der Waals surface area contributed by atoms with Gasteiger partial charge in [-0.2, -0.15) is 0 Å². The molecule has 78 valence electrons. The Morgan fingerprint density at radius 1 is 1.53 bits per heavy atom. The van der Waals surface area contributed by atoms with Gasteiger partial charge in [0.05, 0.1) is 4.92 Å². The van der Waals surface area contributed by atoms with Crippen LogP contribution in [0.5, 0.6) is 0 Å². The molecule has 0 N–H and O–H groups in total. The SMILES string of the molecule is O=CC1CN(c2ccc([N+](=O)[O-])cn2)C1. The molecule has 0 aromatic carbocycles. The molecule has 1 aliphatic rings. The first-order valence-corrected chi connectivity index (χ1v) is 4.51. The van der Waals surface area contributed by atoms with Gasteiger partial charge >= 0.3 is 0 Å². The molecule has 0 aliphatic carbocycles. The van der Waals surface area contributed by atoms with Gasteiger partial charge in [0.15, 0.2) is 0 Å². The molecule has 0 spiro atoms. The predicted octanol–water partition coefficient (Wildman–Crippen LogP) is 0.625. The van der Waals surface area contributed by atoms with Crippen LogP contribution in [0.2, 0.25) is 0 Å². The Morgan fingerprint density at radius 3 is 2.73 bits per heavy atom. The van der Waals surface area contributed by atoms with E-state index in [-0.39, 0.29) is 11.6 Å². The fourth-order valence-electron chi connectivity index (χ4n) is 1.46. The first kappa shape index (κ1) is 9.57. The molecule has 1 aromatic heterocycles. The molecule has 2 heterocycles. The van der Waals surface area contributed by atoms with E-state index in [2.05, 4.69) is 4.98 Å². The maximum Gasteiger partial charge on any atom is 0.287 e. The van der Waals surface area contributed by atoms with Gasteiger partial charge in [0.1, 0.15) is 18.3 Å². The number of nitro groups is 1. The van der Waals surface area contributed by atoms with Crippen molar-refractivity contribution in [3.05, 3.63) is 28.4 Å². The second-order valence-corrected chi connectivity index (χ2v) is 3.43. The third-order valence-corrected chi connectivity index (χ3v) is 2.37. The molecule has 0 atom stereocenters. The smallest absolute Gasteiger partial charge is 0.287 e. The van der Waals surface area contributed by atoms with E-state index in [1.807, 2.05) is 4.90 Å². The van der Waals surface area contributed by atoms with E-state index in [9.17, 15) is 14.9 Å². The summed E-state index contributed by atoms with van der Waals surface area (Å²) in [6, 6.07) is 3.01. The average Bonchev–Trinajstić information content (AvgIpc) is 2.17. The molecule has 0 unspecified atom stereocenters. The number of carbonyl (C=O) groups is 1. The van der Waals surface area contributed by atoms with E-state index in [4.69, 9.17) is 0 Å². The number of rotatable bonds is 3. The van der Waals surface area contributed by atoms with Crippen molar-refractivity contribution < 1.29 is 9.72 Å². The molecule has 6 nitrogen and oxygen atoms in total. The number of hydrogen-bond donors (Lipinski definition) is 0. The van der Waals surface area contributed by atoms with Crippen LogP contribution in [0, 0.1) is 16.0 Å². The topological polar surface area (TPSA) is 76.3 Å². The Bertz CT molecular complexity index is 384. The molecule has 1 saturated heterocycles. The van der Waals surface area contributed by atoms with E-state index in [0.717, 1.165) is 6.29 Å². The van der Waals surface area contributed by atoms with Gasteiger partial charge in [-0.05, 0) is 6.07 Å². The van der Waals surface area contributed by atoms with Crippen molar-refractivity contribution in [2.45, 2.75) is 0 Å². The molecule has 0 saturated carbocycles. The van der Waals surface area contributed by atoms with Crippen LogP contribution in [0.25, 0.3) is 0 Å². The van der Waals surface area contributed by atoms with E-state index >= 15 is 0 Å². The van der Waals surface area contributed by atoms with Gasteiger partial charge in [-0.15, -0.1) is 0 Å². The normalized spacial score (nSPS) is 15.9. The highest BCUT2D eigenvalue weighted by Gasteiger charge is 2.27. The molecule has 2 rings (SSSR count). The van der Waals surface area contributed by atoms with Gasteiger partial charge < -0.3 is 9.69 Å². The minimum absolute atomic E-state index is 0.0220. The Kier molecular flexibility index (Phi) is 2.32. The number of hydrogen-bond acceptors (Lipinski definition) is 5. The van der Waals surface area contributed by atoms with Crippen molar-refractivity contribution in [2.75, 3.05) is 18.0 Å². The van der Waals surface area contributed by atoms with E-state index in [1.165, 1.54) is 12.3 Å². The van der Waals surface area contributed by atoms with Crippen molar-refractivity contribution in [2.24, 2.45) is 5.92 Å². The summed E-state index contributed by atoms with van der Waals surface area (Å²) < 4.78 is 0. The second kappa shape index (κ2) is 3.64. The average molecular weight is 207 g/mol. The van der Waals surface area contributed by atoms with Crippen LogP contribution in [0.15, 0.2) is 18.3 Å². The molecular formula is C9H9N3O3. The summed E-state index contributed by atoms with van der Waals surface area (Å²) in [4.78, 5) is 26.1. The van der Waals surface area contributed by atoms with Crippen LogP contribution in [-0.4, -0.2) is 29.3 Å². The summed E-state index contributed by atoms with van der Waals surface area (Å²) in [7, 11) is 0. The van der Waals surface area contributed by atoms with Crippen LogP contribution in [0.4, 0.5) is 11.5 Å². The number of carbonyl (C=O) groups excluding carboxylic acids is 1. The third kappa shape index (κ3) is 1.78. The zero-order chi connectivity index (χ0) is 10.8. The fraction of sp³-hybridized carbons (Fsp3) is 0.333. The van der Waals surface area contributed by atoms with Crippen LogP contribution in [0.3, 0.4) is 0 Å². The predicted molar refractivity (Wildman–Crippen MR) is 52.7 cm³/mol. The van der Waals surface area contributed by atoms with Gasteiger partial charge in [-0.1, -0.05) is 0 Å². The Morgan fingerprint density at radius 2 is 2.27 bits per heavy atom. The fourth-order valence-corrected chi connectivity index (χ4v) is 1.46. The quantitative estimate of drug-likeness (QED) is 0.412. The number of aromatic nitrogens is 1. The third-order valence-electron chi connectivity index (χ3n) is 2.37. The molecular weight excluding hydrogens is 198 g/mol. The minimum atomic E-state index is -0.485. The van der Waals surface area contributed by atoms with Crippen molar-refractivity contribution >= 4 is 17.8 Å².